The first-order valence-corrected chi connectivity index (χ1v) is 7.34. The molecule has 0 aliphatic carbocycles. The third-order valence-electron chi connectivity index (χ3n) is 4.57. The maximum atomic E-state index is 13.3. The SMILES string of the molecule is OC(c1cccc(F)c1)C1CCOC2(CCOCC2)C1. The third-order valence-corrected chi connectivity index (χ3v) is 4.57. The highest BCUT2D eigenvalue weighted by Gasteiger charge is 2.41. The lowest BCUT2D eigenvalue weighted by atomic mass is 9.77. The highest BCUT2D eigenvalue weighted by Crippen LogP contribution is 2.41. The molecule has 1 aromatic rings. The van der Waals surface area contributed by atoms with E-state index in [1.165, 1.54) is 12.1 Å². The van der Waals surface area contributed by atoms with Gasteiger partial charge in [-0.2, -0.15) is 0 Å². The number of aliphatic hydroxyl groups excluding tert-OH is 1. The highest BCUT2D eigenvalue weighted by atomic mass is 19.1. The van der Waals surface area contributed by atoms with Crippen molar-refractivity contribution in [3.63, 3.8) is 0 Å². The van der Waals surface area contributed by atoms with E-state index in [9.17, 15) is 9.50 Å². The van der Waals surface area contributed by atoms with Gasteiger partial charge in [0.15, 0.2) is 0 Å². The van der Waals surface area contributed by atoms with Crippen LogP contribution in [0, 0.1) is 11.7 Å². The topological polar surface area (TPSA) is 38.7 Å². The van der Waals surface area contributed by atoms with Gasteiger partial charge in [0, 0.05) is 19.8 Å². The van der Waals surface area contributed by atoms with Crippen molar-refractivity contribution in [2.45, 2.75) is 37.4 Å². The monoisotopic (exact) mass is 280 g/mol. The molecule has 2 saturated heterocycles. The number of hydrogen-bond acceptors (Lipinski definition) is 3. The van der Waals surface area contributed by atoms with E-state index in [1.807, 2.05) is 0 Å². The normalized spacial score (nSPS) is 27.4. The molecular formula is C16H21FO3. The van der Waals surface area contributed by atoms with E-state index < -0.39 is 6.10 Å². The highest BCUT2D eigenvalue weighted by molar-refractivity contribution is 5.19. The second-order valence-corrected chi connectivity index (χ2v) is 5.90. The Morgan fingerprint density at radius 1 is 1.25 bits per heavy atom. The molecule has 2 unspecified atom stereocenters. The molecule has 3 nitrogen and oxygen atoms in total. The molecule has 2 fully saturated rings. The largest absolute Gasteiger partial charge is 0.388 e. The van der Waals surface area contributed by atoms with Crippen LogP contribution >= 0.6 is 0 Å². The van der Waals surface area contributed by atoms with E-state index in [-0.39, 0.29) is 17.3 Å². The van der Waals surface area contributed by atoms with Crippen molar-refractivity contribution >= 4 is 0 Å². The van der Waals surface area contributed by atoms with E-state index in [0.29, 0.717) is 12.2 Å². The van der Waals surface area contributed by atoms with E-state index in [4.69, 9.17) is 9.47 Å². The van der Waals surface area contributed by atoms with Gasteiger partial charge in [0.25, 0.3) is 0 Å². The second kappa shape index (κ2) is 5.80. The van der Waals surface area contributed by atoms with E-state index in [1.54, 1.807) is 12.1 Å². The van der Waals surface area contributed by atoms with Crippen LogP contribution in [-0.4, -0.2) is 30.5 Å². The summed E-state index contributed by atoms with van der Waals surface area (Å²) < 4.78 is 24.7. The Hall–Kier alpha value is -0.970. The van der Waals surface area contributed by atoms with E-state index in [2.05, 4.69) is 0 Å². The molecule has 4 heteroatoms. The van der Waals surface area contributed by atoms with Gasteiger partial charge in [-0.25, -0.2) is 4.39 Å². The molecule has 2 heterocycles. The Balaban J connectivity index is 1.73. The van der Waals surface area contributed by atoms with Crippen LogP contribution in [0.4, 0.5) is 4.39 Å². The predicted octanol–water partition coefficient (Wildman–Crippen LogP) is 2.83. The van der Waals surface area contributed by atoms with E-state index in [0.717, 1.165) is 38.9 Å². The van der Waals surface area contributed by atoms with E-state index >= 15 is 0 Å². The molecule has 0 amide bonds. The van der Waals surface area contributed by atoms with Crippen molar-refractivity contribution in [1.82, 2.24) is 0 Å². The van der Waals surface area contributed by atoms with Crippen LogP contribution in [0.1, 0.15) is 37.4 Å². The second-order valence-electron chi connectivity index (χ2n) is 5.90. The maximum absolute atomic E-state index is 13.3. The molecule has 2 aliphatic rings. The predicted molar refractivity (Wildman–Crippen MR) is 72.8 cm³/mol. The van der Waals surface area contributed by atoms with Crippen LogP contribution in [0.2, 0.25) is 0 Å². The Bertz CT molecular complexity index is 451. The number of benzene rings is 1. The van der Waals surface area contributed by atoms with Gasteiger partial charge in [-0.1, -0.05) is 12.1 Å². The lowest BCUT2D eigenvalue weighted by molar-refractivity contribution is -0.159. The van der Waals surface area contributed by atoms with Crippen LogP contribution in [0.3, 0.4) is 0 Å². The van der Waals surface area contributed by atoms with Crippen molar-refractivity contribution in [3.05, 3.63) is 35.6 Å². The lowest BCUT2D eigenvalue weighted by Crippen LogP contribution is -2.45. The number of ether oxygens (including phenoxy) is 2. The summed E-state index contributed by atoms with van der Waals surface area (Å²) in [5.41, 5.74) is 0.522. The van der Waals surface area contributed by atoms with Gasteiger partial charge < -0.3 is 14.6 Å². The molecule has 2 aliphatic heterocycles. The first-order valence-electron chi connectivity index (χ1n) is 7.34. The zero-order valence-electron chi connectivity index (χ0n) is 11.6. The molecule has 1 N–H and O–H groups in total. The molecule has 0 saturated carbocycles. The average Bonchev–Trinajstić information content (AvgIpc) is 2.47. The molecule has 2 atom stereocenters. The van der Waals surface area contributed by atoms with Crippen LogP contribution in [0.5, 0.6) is 0 Å². The average molecular weight is 280 g/mol. The van der Waals surface area contributed by atoms with Crippen molar-refractivity contribution in [2.24, 2.45) is 5.92 Å². The molecule has 0 bridgehead atoms. The smallest absolute Gasteiger partial charge is 0.123 e. The van der Waals surface area contributed by atoms with Gasteiger partial charge in [0.1, 0.15) is 5.82 Å². The van der Waals surface area contributed by atoms with Gasteiger partial charge in [0.05, 0.1) is 11.7 Å². The molecule has 20 heavy (non-hydrogen) atoms. The summed E-state index contributed by atoms with van der Waals surface area (Å²) >= 11 is 0. The molecule has 0 aromatic heterocycles. The third kappa shape index (κ3) is 2.87. The Kier molecular flexibility index (Phi) is 4.06. The maximum Gasteiger partial charge on any atom is 0.123 e. The van der Waals surface area contributed by atoms with Gasteiger partial charge in [-0.15, -0.1) is 0 Å². The van der Waals surface area contributed by atoms with Gasteiger partial charge in [-0.3, -0.25) is 0 Å². The molecule has 1 aromatic carbocycles. The summed E-state index contributed by atoms with van der Waals surface area (Å²) in [5, 5.41) is 10.5. The summed E-state index contributed by atoms with van der Waals surface area (Å²) in [6.45, 7) is 2.11. The fourth-order valence-electron chi connectivity index (χ4n) is 3.39. The fraction of sp³-hybridized carbons (Fsp3) is 0.625. The van der Waals surface area contributed by atoms with Crippen molar-refractivity contribution in [2.75, 3.05) is 19.8 Å². The number of aliphatic hydroxyl groups is 1. The summed E-state index contributed by atoms with van der Waals surface area (Å²) in [6.07, 6.45) is 2.81. The van der Waals surface area contributed by atoms with Gasteiger partial charge in [-0.05, 0) is 49.3 Å². The number of halogens is 1. The lowest BCUT2D eigenvalue weighted by Gasteiger charge is -2.44. The van der Waals surface area contributed by atoms with Crippen molar-refractivity contribution in [1.29, 1.82) is 0 Å². The number of rotatable bonds is 2. The van der Waals surface area contributed by atoms with Crippen LogP contribution in [-0.2, 0) is 9.47 Å². The Labute approximate surface area is 118 Å². The first kappa shape index (κ1) is 14.0. The molecular weight excluding hydrogens is 259 g/mol. The Morgan fingerprint density at radius 2 is 2.05 bits per heavy atom. The van der Waals surface area contributed by atoms with Crippen LogP contribution in [0.25, 0.3) is 0 Å². The standard InChI is InChI=1S/C16H21FO3/c17-14-3-1-2-12(10-14)15(18)13-4-7-20-16(11-13)5-8-19-9-6-16/h1-3,10,13,15,18H,4-9,11H2. The summed E-state index contributed by atoms with van der Waals surface area (Å²) in [6, 6.07) is 6.27. The van der Waals surface area contributed by atoms with Crippen molar-refractivity contribution < 1.29 is 19.0 Å². The zero-order chi connectivity index (χ0) is 14.0. The van der Waals surface area contributed by atoms with Crippen LogP contribution < -0.4 is 0 Å². The van der Waals surface area contributed by atoms with Crippen molar-refractivity contribution in [3.8, 4) is 0 Å². The minimum absolute atomic E-state index is 0.128. The molecule has 1 spiro atoms. The van der Waals surface area contributed by atoms with Crippen LogP contribution in [0.15, 0.2) is 24.3 Å². The first-order chi connectivity index (χ1) is 9.69. The summed E-state index contributed by atoms with van der Waals surface area (Å²) in [4.78, 5) is 0. The molecule has 110 valence electrons. The molecule has 0 radical (unpaired) electrons. The minimum Gasteiger partial charge on any atom is -0.388 e. The zero-order valence-corrected chi connectivity index (χ0v) is 11.6. The minimum atomic E-state index is -0.616. The summed E-state index contributed by atoms with van der Waals surface area (Å²) in [7, 11) is 0. The Morgan fingerprint density at radius 3 is 2.80 bits per heavy atom. The molecule has 3 rings (SSSR count). The van der Waals surface area contributed by atoms with Gasteiger partial charge >= 0.3 is 0 Å². The number of hydrogen-bond donors (Lipinski definition) is 1. The quantitative estimate of drug-likeness (QED) is 0.905. The summed E-state index contributed by atoms with van der Waals surface area (Å²) in [5.74, 6) is -0.168. The fourth-order valence-corrected chi connectivity index (χ4v) is 3.39. The van der Waals surface area contributed by atoms with Gasteiger partial charge in [0.2, 0.25) is 0 Å².